The van der Waals surface area contributed by atoms with Gasteiger partial charge in [-0.15, -0.1) is 0 Å². The maximum atomic E-state index is 11.5. The Labute approximate surface area is 102 Å². The first-order chi connectivity index (χ1) is 7.86. The Kier molecular flexibility index (Phi) is 4.34. The number of carbonyl (C=O) groups is 1. The molecule has 17 heavy (non-hydrogen) atoms. The number of rotatable bonds is 5. The monoisotopic (exact) mass is 239 g/mol. The van der Waals surface area contributed by atoms with Crippen LogP contribution in [0.3, 0.4) is 0 Å². The number of aromatic nitrogens is 1. The molecule has 0 aliphatic heterocycles. The summed E-state index contributed by atoms with van der Waals surface area (Å²) in [7, 11) is 0. The minimum atomic E-state index is -0.376. The molecule has 0 aromatic carbocycles. The highest BCUT2D eigenvalue weighted by molar-refractivity contribution is 5.89. The third-order valence-corrected chi connectivity index (χ3v) is 2.70. The van der Waals surface area contributed by atoms with Gasteiger partial charge in [0.05, 0.1) is 18.3 Å². The quantitative estimate of drug-likeness (QED) is 0.801. The Hall–Kier alpha value is -1.29. The lowest BCUT2D eigenvalue weighted by molar-refractivity contribution is 0.0526. The molecule has 4 heteroatoms. The van der Waals surface area contributed by atoms with E-state index in [9.17, 15) is 9.90 Å². The van der Waals surface area contributed by atoms with E-state index in [0.717, 1.165) is 0 Å². The minimum absolute atomic E-state index is 0.223. The summed E-state index contributed by atoms with van der Waals surface area (Å²) in [4.78, 5) is 11.5. The molecule has 1 aromatic heterocycles. The topological polar surface area (TPSA) is 51.5 Å². The normalized spacial score (nSPS) is 13.5. The smallest absolute Gasteiger partial charge is 0.339 e. The lowest BCUT2D eigenvalue weighted by atomic mass is 9.97. The maximum absolute atomic E-state index is 11.5. The van der Waals surface area contributed by atoms with E-state index in [4.69, 9.17) is 4.74 Å². The lowest BCUT2D eigenvalue weighted by Gasteiger charge is -2.28. The van der Waals surface area contributed by atoms with Gasteiger partial charge in [0, 0.05) is 17.9 Å². The molecule has 1 rings (SSSR count). The van der Waals surface area contributed by atoms with Crippen molar-refractivity contribution in [2.75, 3.05) is 6.61 Å². The van der Waals surface area contributed by atoms with E-state index < -0.39 is 0 Å². The van der Waals surface area contributed by atoms with Crippen LogP contribution >= 0.6 is 0 Å². The van der Waals surface area contributed by atoms with E-state index in [1.165, 1.54) is 0 Å². The van der Waals surface area contributed by atoms with Crippen LogP contribution in [-0.4, -0.2) is 28.4 Å². The first-order valence-corrected chi connectivity index (χ1v) is 5.90. The van der Waals surface area contributed by atoms with Gasteiger partial charge < -0.3 is 14.4 Å². The van der Waals surface area contributed by atoms with Crippen LogP contribution in [-0.2, 0) is 10.3 Å². The molecule has 0 aliphatic rings. The molecular weight excluding hydrogens is 218 g/mol. The molecule has 0 radical (unpaired) electrons. The van der Waals surface area contributed by atoms with E-state index in [1.807, 2.05) is 24.6 Å². The highest BCUT2D eigenvalue weighted by atomic mass is 16.5. The minimum Gasteiger partial charge on any atom is -0.462 e. The Morgan fingerprint density at radius 2 is 2.24 bits per heavy atom. The Morgan fingerprint density at radius 3 is 2.76 bits per heavy atom. The molecular formula is C13H21NO3. The third kappa shape index (κ3) is 3.60. The molecule has 96 valence electrons. The second-order valence-corrected chi connectivity index (χ2v) is 4.89. The number of nitrogens with zero attached hydrogens (tertiary/aromatic N) is 1. The zero-order valence-electron chi connectivity index (χ0n) is 10.9. The molecule has 1 aromatic rings. The first-order valence-electron chi connectivity index (χ1n) is 5.90. The lowest BCUT2D eigenvalue weighted by Crippen LogP contribution is -2.29. The highest BCUT2D eigenvalue weighted by Crippen LogP contribution is 2.23. The zero-order chi connectivity index (χ0) is 13.1. The second-order valence-electron chi connectivity index (χ2n) is 4.89. The fraction of sp³-hybridized carbons (Fsp3) is 0.615. The SMILES string of the molecule is CCOC(=O)c1ccn(C(C)(C)CC(C)O)c1. The summed E-state index contributed by atoms with van der Waals surface area (Å²) in [5.41, 5.74) is 0.323. The van der Waals surface area contributed by atoms with Crippen molar-refractivity contribution < 1.29 is 14.6 Å². The van der Waals surface area contributed by atoms with E-state index >= 15 is 0 Å². The van der Waals surface area contributed by atoms with Gasteiger partial charge in [-0.2, -0.15) is 0 Å². The van der Waals surface area contributed by atoms with Crippen LogP contribution in [0.15, 0.2) is 18.5 Å². The van der Waals surface area contributed by atoms with Gasteiger partial charge in [0.2, 0.25) is 0 Å². The van der Waals surface area contributed by atoms with Gasteiger partial charge in [0.1, 0.15) is 0 Å². The molecule has 0 saturated carbocycles. The van der Waals surface area contributed by atoms with Crippen LogP contribution in [0.5, 0.6) is 0 Å². The Balaban J connectivity index is 2.83. The summed E-state index contributed by atoms with van der Waals surface area (Å²) in [5, 5.41) is 9.44. The number of aliphatic hydroxyl groups is 1. The van der Waals surface area contributed by atoms with Gasteiger partial charge in [-0.3, -0.25) is 0 Å². The van der Waals surface area contributed by atoms with Crippen LogP contribution in [0.4, 0.5) is 0 Å². The summed E-state index contributed by atoms with van der Waals surface area (Å²) < 4.78 is 6.87. The van der Waals surface area contributed by atoms with Gasteiger partial charge in [-0.25, -0.2) is 4.79 Å². The number of hydrogen-bond donors (Lipinski definition) is 1. The standard InChI is InChI=1S/C13H21NO3/c1-5-17-12(16)11-6-7-14(9-11)13(3,4)8-10(2)15/h6-7,9-10,15H,5,8H2,1-4H3. The van der Waals surface area contributed by atoms with Crippen LogP contribution in [0.1, 0.15) is 44.5 Å². The molecule has 4 nitrogen and oxygen atoms in total. The summed E-state index contributed by atoms with van der Waals surface area (Å²) >= 11 is 0. The van der Waals surface area contributed by atoms with Crippen LogP contribution in [0, 0.1) is 0 Å². The zero-order valence-corrected chi connectivity index (χ0v) is 10.9. The fourth-order valence-electron chi connectivity index (χ4n) is 1.94. The second kappa shape index (κ2) is 5.36. The molecule has 0 aliphatic carbocycles. The van der Waals surface area contributed by atoms with E-state index in [0.29, 0.717) is 18.6 Å². The number of aliphatic hydroxyl groups excluding tert-OH is 1. The third-order valence-electron chi connectivity index (χ3n) is 2.70. The van der Waals surface area contributed by atoms with Crippen molar-refractivity contribution in [1.82, 2.24) is 4.57 Å². The molecule has 0 spiro atoms. The maximum Gasteiger partial charge on any atom is 0.339 e. The van der Waals surface area contributed by atoms with Crippen molar-refractivity contribution >= 4 is 5.97 Å². The van der Waals surface area contributed by atoms with Crippen molar-refractivity contribution in [2.24, 2.45) is 0 Å². The Morgan fingerprint density at radius 1 is 1.59 bits per heavy atom. The molecule has 1 heterocycles. The van der Waals surface area contributed by atoms with Gasteiger partial charge in [0.25, 0.3) is 0 Å². The average Bonchev–Trinajstić information content (AvgIpc) is 2.65. The number of carbonyl (C=O) groups excluding carboxylic acids is 1. The van der Waals surface area contributed by atoms with Crippen molar-refractivity contribution in [3.8, 4) is 0 Å². The summed E-state index contributed by atoms with van der Waals surface area (Å²) in [6, 6.07) is 1.74. The molecule has 0 fully saturated rings. The molecule has 1 unspecified atom stereocenters. The number of esters is 1. The summed E-state index contributed by atoms with van der Waals surface area (Å²) in [6.45, 7) is 7.97. The predicted molar refractivity (Wildman–Crippen MR) is 66.0 cm³/mol. The van der Waals surface area contributed by atoms with Crippen molar-refractivity contribution in [3.63, 3.8) is 0 Å². The van der Waals surface area contributed by atoms with Crippen LogP contribution in [0.2, 0.25) is 0 Å². The fourth-order valence-corrected chi connectivity index (χ4v) is 1.94. The van der Waals surface area contributed by atoms with Gasteiger partial charge in [-0.05, 0) is 40.2 Å². The average molecular weight is 239 g/mol. The van der Waals surface area contributed by atoms with E-state index in [1.54, 1.807) is 26.1 Å². The van der Waals surface area contributed by atoms with Gasteiger partial charge in [-0.1, -0.05) is 0 Å². The summed E-state index contributed by atoms with van der Waals surface area (Å²) in [6.07, 6.45) is 3.86. The highest BCUT2D eigenvalue weighted by Gasteiger charge is 2.23. The largest absolute Gasteiger partial charge is 0.462 e. The van der Waals surface area contributed by atoms with Crippen LogP contribution in [0.25, 0.3) is 0 Å². The van der Waals surface area contributed by atoms with Gasteiger partial charge >= 0.3 is 5.97 Å². The van der Waals surface area contributed by atoms with Gasteiger partial charge in [0.15, 0.2) is 0 Å². The first kappa shape index (κ1) is 13.8. The van der Waals surface area contributed by atoms with Crippen molar-refractivity contribution in [1.29, 1.82) is 0 Å². The number of ether oxygens (including phenoxy) is 1. The molecule has 0 amide bonds. The van der Waals surface area contributed by atoms with E-state index in [2.05, 4.69) is 0 Å². The molecule has 0 bridgehead atoms. The Bertz CT molecular complexity index is 380. The predicted octanol–water partition coefficient (Wildman–Crippen LogP) is 2.17. The summed E-state index contributed by atoms with van der Waals surface area (Å²) in [5.74, 6) is -0.306. The molecule has 0 saturated heterocycles. The number of hydrogen-bond acceptors (Lipinski definition) is 3. The van der Waals surface area contributed by atoms with Crippen molar-refractivity contribution in [2.45, 2.75) is 45.8 Å². The molecule has 1 N–H and O–H groups in total. The molecule has 1 atom stereocenters. The van der Waals surface area contributed by atoms with Crippen LogP contribution < -0.4 is 0 Å². The van der Waals surface area contributed by atoms with E-state index in [-0.39, 0.29) is 17.6 Å². The van der Waals surface area contributed by atoms with Crippen molar-refractivity contribution in [3.05, 3.63) is 24.0 Å².